The zero-order chi connectivity index (χ0) is 25.4. The number of alkyl halides is 2. The van der Waals surface area contributed by atoms with Gasteiger partial charge in [0, 0.05) is 24.0 Å². The van der Waals surface area contributed by atoms with Crippen molar-refractivity contribution in [1.29, 1.82) is 0 Å². The fourth-order valence-electron chi connectivity index (χ4n) is 3.79. The number of hydrogen-bond acceptors (Lipinski definition) is 3. The lowest BCUT2D eigenvalue weighted by molar-refractivity contribution is -0.136. The molecule has 0 aromatic heterocycles. The maximum absolute atomic E-state index is 13.8. The number of rotatable bonds is 12. The maximum atomic E-state index is 13.8. The molecule has 1 atom stereocenters. The van der Waals surface area contributed by atoms with Crippen LogP contribution >= 0.6 is 0 Å². The Morgan fingerprint density at radius 1 is 1.03 bits per heavy atom. The monoisotopic (exact) mass is 486 g/mol. The molecule has 186 valence electrons. The number of carboxylic acids is 1. The minimum absolute atomic E-state index is 0.0813. The number of halogens is 3. The highest BCUT2D eigenvalue weighted by Crippen LogP contribution is 2.35. The first-order valence-electron chi connectivity index (χ1n) is 11.6. The van der Waals surface area contributed by atoms with Crippen molar-refractivity contribution >= 4 is 5.97 Å². The molecule has 0 spiro atoms. The Morgan fingerprint density at radius 3 is 2.51 bits per heavy atom. The first kappa shape index (κ1) is 26.1. The second-order valence-corrected chi connectivity index (χ2v) is 8.31. The van der Waals surface area contributed by atoms with E-state index in [1.807, 2.05) is 32.0 Å². The van der Waals surface area contributed by atoms with Crippen molar-refractivity contribution in [1.82, 2.24) is 0 Å². The molecule has 7 heteroatoms. The summed E-state index contributed by atoms with van der Waals surface area (Å²) in [6.45, 7) is 4.23. The van der Waals surface area contributed by atoms with Crippen molar-refractivity contribution in [2.24, 2.45) is 0 Å². The molecule has 3 aromatic carbocycles. The molecule has 0 heterocycles. The van der Waals surface area contributed by atoms with Gasteiger partial charge in [0.2, 0.25) is 0 Å². The summed E-state index contributed by atoms with van der Waals surface area (Å²) < 4.78 is 52.2. The van der Waals surface area contributed by atoms with Crippen LogP contribution in [0.1, 0.15) is 49.8 Å². The molecular weight excluding hydrogens is 457 g/mol. The minimum atomic E-state index is -2.65. The van der Waals surface area contributed by atoms with Crippen LogP contribution in [0, 0.1) is 5.82 Å². The lowest BCUT2D eigenvalue weighted by atomic mass is 10.0. The van der Waals surface area contributed by atoms with Gasteiger partial charge >= 0.3 is 5.97 Å². The second-order valence-electron chi connectivity index (χ2n) is 8.31. The van der Waals surface area contributed by atoms with Crippen LogP contribution in [0.5, 0.6) is 11.5 Å². The van der Waals surface area contributed by atoms with E-state index in [2.05, 4.69) is 0 Å². The highest BCUT2D eigenvalue weighted by atomic mass is 19.3. The van der Waals surface area contributed by atoms with Crippen molar-refractivity contribution in [3.05, 3.63) is 83.2 Å². The minimum Gasteiger partial charge on any atom is -0.493 e. The van der Waals surface area contributed by atoms with Gasteiger partial charge in [-0.3, -0.25) is 4.79 Å². The summed E-state index contributed by atoms with van der Waals surface area (Å²) >= 11 is 0. The molecule has 0 aliphatic heterocycles. The quantitative estimate of drug-likeness (QED) is 0.293. The van der Waals surface area contributed by atoms with E-state index in [4.69, 9.17) is 14.6 Å². The number of aryl methyl sites for hydroxylation is 2. The zero-order valence-corrected chi connectivity index (χ0v) is 19.8. The van der Waals surface area contributed by atoms with Crippen molar-refractivity contribution in [2.75, 3.05) is 6.61 Å². The molecule has 0 fully saturated rings. The maximum Gasteiger partial charge on any atom is 0.303 e. The standard InChI is InChI=1S/C28H29F3O4/c1-3-19-16-24(10-7-20(19)9-12-27(32)33)34-14-13-18(2)35-26-11-8-22(28(30)31)17-25(26)21-5-4-6-23(29)15-21/h4-8,10-11,15-18,28H,3,9,12-14H2,1-2H3,(H,32,33)/t18-/m1/s1. The van der Waals surface area contributed by atoms with E-state index in [0.29, 0.717) is 42.1 Å². The van der Waals surface area contributed by atoms with Crippen LogP contribution in [0.15, 0.2) is 60.7 Å². The third kappa shape index (κ3) is 7.50. The summed E-state index contributed by atoms with van der Waals surface area (Å²) in [5.41, 5.74) is 2.75. The number of aliphatic carboxylic acids is 1. The number of carboxylic acid groups (broad SMARTS) is 1. The zero-order valence-electron chi connectivity index (χ0n) is 19.8. The summed E-state index contributed by atoms with van der Waals surface area (Å²) in [5, 5.41) is 8.91. The third-order valence-corrected chi connectivity index (χ3v) is 5.68. The molecular formula is C28H29F3O4. The summed E-state index contributed by atoms with van der Waals surface area (Å²) in [6, 6.07) is 15.5. The number of hydrogen-bond donors (Lipinski definition) is 1. The summed E-state index contributed by atoms with van der Waals surface area (Å²) in [4.78, 5) is 10.9. The van der Waals surface area contributed by atoms with Gasteiger partial charge < -0.3 is 14.6 Å². The molecule has 3 aromatic rings. The molecule has 4 nitrogen and oxygen atoms in total. The number of benzene rings is 3. The fourth-order valence-corrected chi connectivity index (χ4v) is 3.79. The van der Waals surface area contributed by atoms with Gasteiger partial charge in [-0.2, -0.15) is 0 Å². The van der Waals surface area contributed by atoms with Crippen molar-refractivity contribution in [2.45, 2.75) is 52.1 Å². The van der Waals surface area contributed by atoms with Crippen LogP contribution in [0.3, 0.4) is 0 Å². The Kier molecular flexibility index (Phi) is 9.18. The van der Waals surface area contributed by atoms with Gasteiger partial charge in [0.05, 0.1) is 12.7 Å². The Labute approximate surface area is 203 Å². The first-order chi connectivity index (χ1) is 16.8. The second kappa shape index (κ2) is 12.3. The van der Waals surface area contributed by atoms with E-state index < -0.39 is 18.2 Å². The van der Waals surface area contributed by atoms with Crippen LogP contribution in [-0.4, -0.2) is 23.8 Å². The average Bonchev–Trinajstić information content (AvgIpc) is 2.83. The predicted octanol–water partition coefficient (Wildman–Crippen LogP) is 7.25. The number of ether oxygens (including phenoxy) is 2. The fraction of sp³-hybridized carbons (Fsp3) is 0.321. The van der Waals surface area contributed by atoms with Gasteiger partial charge in [0.25, 0.3) is 6.43 Å². The Morgan fingerprint density at radius 2 is 1.83 bits per heavy atom. The van der Waals surface area contributed by atoms with E-state index in [-0.39, 0.29) is 18.1 Å². The van der Waals surface area contributed by atoms with E-state index in [1.54, 1.807) is 6.07 Å². The van der Waals surface area contributed by atoms with Gasteiger partial charge in [-0.1, -0.05) is 25.1 Å². The topological polar surface area (TPSA) is 55.8 Å². The van der Waals surface area contributed by atoms with Gasteiger partial charge in [0.1, 0.15) is 17.3 Å². The van der Waals surface area contributed by atoms with E-state index in [9.17, 15) is 18.0 Å². The smallest absolute Gasteiger partial charge is 0.303 e. The molecule has 3 rings (SSSR count). The van der Waals surface area contributed by atoms with E-state index in [0.717, 1.165) is 17.5 Å². The highest BCUT2D eigenvalue weighted by Gasteiger charge is 2.16. The molecule has 0 aliphatic carbocycles. The molecule has 0 aliphatic rings. The van der Waals surface area contributed by atoms with Gasteiger partial charge in [-0.25, -0.2) is 13.2 Å². The van der Waals surface area contributed by atoms with Crippen LogP contribution in [-0.2, 0) is 17.6 Å². The van der Waals surface area contributed by atoms with Crippen molar-refractivity contribution in [3.8, 4) is 22.6 Å². The average molecular weight is 487 g/mol. The van der Waals surface area contributed by atoms with E-state index >= 15 is 0 Å². The SMILES string of the molecule is CCc1cc(OCC[C@@H](C)Oc2ccc(C(F)F)cc2-c2cccc(F)c2)ccc1CCC(=O)O. The molecule has 1 N–H and O–H groups in total. The highest BCUT2D eigenvalue weighted by molar-refractivity contribution is 5.71. The van der Waals surface area contributed by atoms with Crippen molar-refractivity contribution < 1.29 is 32.5 Å². The molecule has 0 amide bonds. The molecule has 0 unspecified atom stereocenters. The van der Waals surface area contributed by atoms with Gasteiger partial charge in [0.15, 0.2) is 0 Å². The summed E-state index contributed by atoms with van der Waals surface area (Å²) in [7, 11) is 0. The van der Waals surface area contributed by atoms with E-state index in [1.165, 1.54) is 36.4 Å². The molecule has 0 radical (unpaired) electrons. The van der Waals surface area contributed by atoms with Crippen molar-refractivity contribution in [3.63, 3.8) is 0 Å². The van der Waals surface area contributed by atoms with Gasteiger partial charge in [-0.15, -0.1) is 0 Å². The lowest BCUT2D eigenvalue weighted by Crippen LogP contribution is -2.16. The van der Waals surface area contributed by atoms with Crippen LogP contribution in [0.25, 0.3) is 11.1 Å². The van der Waals surface area contributed by atoms with Crippen LogP contribution in [0.4, 0.5) is 13.2 Å². The molecule has 35 heavy (non-hydrogen) atoms. The first-order valence-corrected chi connectivity index (χ1v) is 11.6. The lowest BCUT2D eigenvalue weighted by Gasteiger charge is -2.19. The summed E-state index contributed by atoms with van der Waals surface area (Å²) in [5.74, 6) is -0.207. The normalized spacial score (nSPS) is 11.9. The molecule has 0 saturated heterocycles. The van der Waals surface area contributed by atoms with Crippen LogP contribution < -0.4 is 9.47 Å². The third-order valence-electron chi connectivity index (χ3n) is 5.68. The Bertz CT molecular complexity index is 1150. The largest absolute Gasteiger partial charge is 0.493 e. The Hall–Kier alpha value is -3.48. The predicted molar refractivity (Wildman–Crippen MR) is 129 cm³/mol. The van der Waals surface area contributed by atoms with Crippen LogP contribution in [0.2, 0.25) is 0 Å². The molecule has 0 bridgehead atoms. The molecule has 0 saturated carbocycles. The Balaban J connectivity index is 1.65. The summed E-state index contributed by atoms with van der Waals surface area (Å²) in [6.07, 6.45) is -1.09. The van der Waals surface area contributed by atoms with Gasteiger partial charge in [-0.05, 0) is 78.9 Å². The number of carbonyl (C=O) groups is 1.